The summed E-state index contributed by atoms with van der Waals surface area (Å²) in [5.41, 5.74) is 3.21. The number of benzene rings is 1. The fourth-order valence-corrected chi connectivity index (χ4v) is 12.5. The highest BCUT2D eigenvalue weighted by Gasteiger charge is 2.63. The zero-order chi connectivity index (χ0) is 36.9. The largest absolute Gasteiger partial charge is 0.492 e. The molecule has 53 heavy (non-hydrogen) atoms. The number of hydrogen-bond donors (Lipinski definition) is 3. The van der Waals surface area contributed by atoms with Crippen LogP contribution in [0.5, 0.6) is 0 Å². The van der Waals surface area contributed by atoms with Crippen LogP contribution in [0.25, 0.3) is 0 Å². The molecule has 0 bridgehead atoms. The summed E-state index contributed by atoms with van der Waals surface area (Å²) in [6.07, 6.45) is 21.0. The number of carbonyl (C=O) groups excluding carboxylic acids is 1. The molecule has 4 fully saturated rings. The fourth-order valence-electron chi connectivity index (χ4n) is 12.5. The van der Waals surface area contributed by atoms with Crippen molar-refractivity contribution in [3.8, 4) is 0 Å². The van der Waals surface area contributed by atoms with Crippen LogP contribution in [-0.4, -0.2) is 71.2 Å². The third-order valence-electron chi connectivity index (χ3n) is 14.6. The summed E-state index contributed by atoms with van der Waals surface area (Å²) < 4.78 is 18.0. The molecule has 3 N–H and O–H groups in total. The van der Waals surface area contributed by atoms with Gasteiger partial charge in [-0.15, -0.1) is 0 Å². The number of aryl methyl sites for hydroxylation is 1. The van der Waals surface area contributed by atoms with Gasteiger partial charge in [0.25, 0.3) is 0 Å². The van der Waals surface area contributed by atoms with Crippen LogP contribution in [0.4, 0.5) is 0 Å². The van der Waals surface area contributed by atoms with E-state index in [0.717, 1.165) is 50.8 Å². The molecule has 0 unspecified atom stereocenters. The number of nitrogens with zero attached hydrogens (tertiary/aromatic N) is 1. The molecular formula is C45H61NO7. The number of piperidine rings is 1. The van der Waals surface area contributed by atoms with Gasteiger partial charge in [0.1, 0.15) is 11.3 Å². The summed E-state index contributed by atoms with van der Waals surface area (Å²) in [4.78, 5) is 15.5. The van der Waals surface area contributed by atoms with Crippen molar-refractivity contribution >= 4 is 5.97 Å². The van der Waals surface area contributed by atoms with Crippen LogP contribution >= 0.6 is 0 Å². The zero-order valence-electron chi connectivity index (χ0n) is 32.1. The summed E-state index contributed by atoms with van der Waals surface area (Å²) in [5.74, 6) is 2.03. The Labute approximate surface area is 316 Å². The lowest BCUT2D eigenvalue weighted by atomic mass is 9.65. The lowest BCUT2D eigenvalue weighted by Crippen LogP contribution is -2.61. The highest BCUT2D eigenvalue weighted by Crippen LogP contribution is 2.67. The predicted octanol–water partition coefficient (Wildman–Crippen LogP) is 7.31. The number of esters is 1. The van der Waals surface area contributed by atoms with Gasteiger partial charge in [-0.1, -0.05) is 75.9 Å². The average Bonchev–Trinajstić information content (AvgIpc) is 3.91. The van der Waals surface area contributed by atoms with E-state index in [1.54, 1.807) is 0 Å². The zero-order valence-corrected chi connectivity index (χ0v) is 32.1. The second-order valence-corrected chi connectivity index (χ2v) is 17.5. The number of methoxy groups -OCH3 is 1. The number of hydrogen-bond acceptors (Lipinski definition) is 8. The van der Waals surface area contributed by atoms with Crippen LogP contribution in [0.1, 0.15) is 108 Å². The smallest absolute Gasteiger partial charge is 0.345 e. The van der Waals surface area contributed by atoms with Crippen molar-refractivity contribution in [3.63, 3.8) is 0 Å². The molecule has 1 aromatic carbocycles. The Kier molecular flexibility index (Phi) is 10.7. The molecule has 0 radical (unpaired) electrons. The van der Waals surface area contributed by atoms with Crippen molar-refractivity contribution in [2.24, 2.45) is 40.9 Å². The second kappa shape index (κ2) is 15.3. The molecule has 2 saturated heterocycles. The highest BCUT2D eigenvalue weighted by molar-refractivity contribution is 5.94. The summed E-state index contributed by atoms with van der Waals surface area (Å²) in [7, 11) is 1.46. The number of unbranched alkanes of at least 4 members (excludes halogenated alkanes) is 2. The molecule has 4 aliphatic heterocycles. The molecule has 4 heterocycles. The number of allylic oxidation sites excluding steroid dienone is 1. The summed E-state index contributed by atoms with van der Waals surface area (Å²) in [6, 6.07) is 9.55. The van der Waals surface area contributed by atoms with E-state index < -0.39 is 24.6 Å². The van der Waals surface area contributed by atoms with Crippen LogP contribution in [0.3, 0.4) is 0 Å². The van der Waals surface area contributed by atoms with E-state index in [1.165, 1.54) is 63.2 Å². The predicted molar refractivity (Wildman–Crippen MR) is 203 cm³/mol. The van der Waals surface area contributed by atoms with E-state index in [9.17, 15) is 20.1 Å². The Bertz CT molecular complexity index is 1650. The van der Waals surface area contributed by atoms with Crippen molar-refractivity contribution in [3.05, 3.63) is 82.2 Å². The van der Waals surface area contributed by atoms with E-state index >= 15 is 0 Å². The van der Waals surface area contributed by atoms with Gasteiger partial charge in [-0.25, -0.2) is 4.79 Å². The van der Waals surface area contributed by atoms with Gasteiger partial charge in [-0.3, -0.25) is 4.90 Å². The highest BCUT2D eigenvalue weighted by atomic mass is 16.6. The molecule has 1 spiro atoms. The first-order valence-corrected chi connectivity index (χ1v) is 20.8. The molecule has 2 saturated carbocycles. The van der Waals surface area contributed by atoms with E-state index in [0.29, 0.717) is 29.4 Å². The molecule has 8 nitrogen and oxygen atoms in total. The Morgan fingerprint density at radius 2 is 1.92 bits per heavy atom. The minimum atomic E-state index is -0.652. The van der Waals surface area contributed by atoms with Crippen LogP contribution < -0.4 is 0 Å². The van der Waals surface area contributed by atoms with Crippen LogP contribution in [0, 0.1) is 40.9 Å². The molecule has 7 aliphatic rings. The third kappa shape index (κ3) is 6.43. The number of ether oxygens (including phenoxy) is 3. The number of carbonyl (C=O) groups is 1. The Morgan fingerprint density at radius 1 is 1.09 bits per heavy atom. The van der Waals surface area contributed by atoms with Crippen molar-refractivity contribution in [1.29, 1.82) is 0 Å². The molecule has 288 valence electrons. The Morgan fingerprint density at radius 3 is 2.66 bits per heavy atom. The maximum atomic E-state index is 12.8. The minimum absolute atomic E-state index is 0.0149. The van der Waals surface area contributed by atoms with Crippen LogP contribution in [-0.2, 0) is 25.4 Å². The first-order valence-electron chi connectivity index (χ1n) is 20.8. The van der Waals surface area contributed by atoms with Gasteiger partial charge in [0.05, 0.1) is 32.3 Å². The number of cyclic esters (lactones) is 1. The van der Waals surface area contributed by atoms with Gasteiger partial charge in [0, 0.05) is 30.5 Å². The summed E-state index contributed by atoms with van der Waals surface area (Å²) in [5, 5.41) is 34.0. The van der Waals surface area contributed by atoms with Gasteiger partial charge in [0.15, 0.2) is 11.5 Å². The average molecular weight is 728 g/mol. The molecule has 10 atom stereocenters. The van der Waals surface area contributed by atoms with Gasteiger partial charge in [-0.2, -0.15) is 0 Å². The maximum Gasteiger partial charge on any atom is 0.345 e. The molecule has 3 aliphatic carbocycles. The van der Waals surface area contributed by atoms with Crippen LogP contribution in [0.2, 0.25) is 0 Å². The number of fused-ring (bicyclic) bond motifs is 4. The quantitative estimate of drug-likeness (QED) is 0.131. The van der Waals surface area contributed by atoms with Crippen LogP contribution in [0.15, 0.2) is 71.1 Å². The molecule has 8 rings (SSSR count). The van der Waals surface area contributed by atoms with Crippen molar-refractivity contribution < 1.29 is 34.3 Å². The molecule has 0 amide bonds. The first-order chi connectivity index (χ1) is 25.8. The van der Waals surface area contributed by atoms with E-state index in [-0.39, 0.29) is 53.0 Å². The molecule has 1 aromatic rings. The minimum Gasteiger partial charge on any atom is -0.492 e. The normalized spacial score (nSPS) is 36.8. The molecule has 0 aromatic heterocycles. The maximum absolute atomic E-state index is 12.8. The number of aliphatic hydroxyl groups is 3. The summed E-state index contributed by atoms with van der Waals surface area (Å²) >= 11 is 0. The first kappa shape index (κ1) is 37.0. The van der Waals surface area contributed by atoms with Crippen molar-refractivity contribution in [1.82, 2.24) is 4.90 Å². The van der Waals surface area contributed by atoms with Crippen molar-refractivity contribution in [2.75, 3.05) is 26.9 Å². The SMILES string of the molecule is CCCCCc1cccc([C@H]2[C@@H]3C[C@@H]4[C@H]5C(=CCCN4[C@H]([C@@H](O)[C@@H]4C=CC[C@H](C)C4)[C@H]3CC23CCCC3)OC(=C2OC(=O)C(CO)=C2OC)[C@H]5CO)c1. The standard InChI is InChI=1S/C45H61NO7/c1-4-5-6-13-28-14-10-15-29(22-28)38-31-23-35-37-33(25-47)42(43-41(51-3)34(26-48)44(50)53-43)52-36(37)17-11-20-46(35)39(32(31)24-45(38)18-7-8-19-45)40(49)30-16-9-12-27(2)21-30/h9-10,14-17,22,27,30-33,35,37-40,47-49H,4-8,11-13,18-21,23-26H2,1-3H3/t27-,30+,31+,32-,33-,35+,37-,38-,39-,40-/m0/s1. The van der Waals surface area contributed by atoms with Gasteiger partial charge >= 0.3 is 5.97 Å². The fraction of sp³-hybridized carbons (Fsp3) is 0.667. The van der Waals surface area contributed by atoms with Crippen molar-refractivity contribution in [2.45, 2.75) is 121 Å². The van der Waals surface area contributed by atoms with Gasteiger partial charge in [0.2, 0.25) is 5.76 Å². The monoisotopic (exact) mass is 727 g/mol. The lowest BCUT2D eigenvalue weighted by molar-refractivity contribution is -0.134. The Balaban J connectivity index is 1.23. The van der Waals surface area contributed by atoms with E-state index in [2.05, 4.69) is 61.2 Å². The number of rotatable bonds is 10. The lowest BCUT2D eigenvalue weighted by Gasteiger charge is -2.53. The Hall–Kier alpha value is -2.91. The van der Waals surface area contributed by atoms with E-state index in [4.69, 9.17) is 14.2 Å². The topological polar surface area (TPSA) is 109 Å². The molecule has 8 heteroatoms. The third-order valence-corrected chi connectivity index (χ3v) is 14.6. The second-order valence-electron chi connectivity index (χ2n) is 17.5. The summed E-state index contributed by atoms with van der Waals surface area (Å²) in [6.45, 7) is 4.70. The van der Waals surface area contributed by atoms with Gasteiger partial charge < -0.3 is 29.5 Å². The molecular weight excluding hydrogens is 666 g/mol. The van der Waals surface area contributed by atoms with Gasteiger partial charge in [-0.05, 0) is 104 Å². The number of aliphatic hydroxyl groups excluding tert-OH is 3. The van der Waals surface area contributed by atoms with E-state index in [1.807, 2.05) is 0 Å².